The molecule has 1 aliphatic heterocycles. The molecule has 2 heterocycles. The summed E-state index contributed by atoms with van der Waals surface area (Å²) in [5.74, 6) is -0.286. The highest BCUT2D eigenvalue weighted by molar-refractivity contribution is 5.93. The minimum atomic E-state index is -0.260. The van der Waals surface area contributed by atoms with Crippen LogP contribution in [-0.4, -0.2) is 33.9 Å². The van der Waals surface area contributed by atoms with E-state index < -0.39 is 0 Å². The topological polar surface area (TPSA) is 58.1 Å². The van der Waals surface area contributed by atoms with Gasteiger partial charge in [-0.2, -0.15) is 0 Å². The van der Waals surface area contributed by atoms with Gasteiger partial charge in [0, 0.05) is 18.8 Å². The summed E-state index contributed by atoms with van der Waals surface area (Å²) in [4.78, 5) is 24.5. The van der Waals surface area contributed by atoms with E-state index in [4.69, 9.17) is 4.98 Å². The normalized spacial score (nSPS) is 16.7. The number of carbonyl (C=O) groups excluding carboxylic acids is 1. The first-order valence-corrected chi connectivity index (χ1v) is 11.1. The highest BCUT2D eigenvalue weighted by Gasteiger charge is 2.26. The van der Waals surface area contributed by atoms with Crippen molar-refractivity contribution in [2.45, 2.75) is 40.2 Å². The lowest BCUT2D eigenvalue weighted by Crippen LogP contribution is -2.40. The maximum atomic E-state index is 13.5. The average molecular weight is 433 g/mol. The van der Waals surface area contributed by atoms with Gasteiger partial charge >= 0.3 is 0 Å². The number of anilines is 1. The Kier molecular flexibility index (Phi) is 6.61. The van der Waals surface area contributed by atoms with Crippen LogP contribution in [0.5, 0.6) is 0 Å². The molecular weight excluding hydrogens is 403 g/mol. The number of carbonyl (C=O) groups is 1. The molecule has 0 spiro atoms. The minimum absolute atomic E-state index is 0.0381. The number of rotatable bonds is 5. The lowest BCUT2D eigenvalue weighted by Gasteiger charge is -2.32. The molecule has 1 saturated heterocycles. The van der Waals surface area contributed by atoms with E-state index in [-0.39, 0.29) is 17.6 Å². The summed E-state index contributed by atoms with van der Waals surface area (Å²) >= 11 is 0. The van der Waals surface area contributed by atoms with Gasteiger partial charge in [0.25, 0.3) is 0 Å². The third-order valence-corrected chi connectivity index (χ3v) is 6.14. The fourth-order valence-electron chi connectivity index (χ4n) is 4.19. The molecule has 6 heteroatoms. The Hall–Kier alpha value is -3.12. The van der Waals surface area contributed by atoms with E-state index >= 15 is 0 Å². The van der Waals surface area contributed by atoms with Gasteiger partial charge < -0.3 is 5.32 Å². The van der Waals surface area contributed by atoms with E-state index in [9.17, 15) is 9.18 Å². The molecule has 0 radical (unpaired) electrons. The molecule has 1 amide bonds. The summed E-state index contributed by atoms with van der Waals surface area (Å²) in [5.41, 5.74) is 6.35. The van der Waals surface area contributed by atoms with Gasteiger partial charge in [-0.25, -0.2) is 4.39 Å². The van der Waals surface area contributed by atoms with E-state index in [0.717, 1.165) is 59.0 Å². The highest BCUT2D eigenvalue weighted by Crippen LogP contribution is 2.24. The van der Waals surface area contributed by atoms with Gasteiger partial charge in [-0.05, 0) is 75.5 Å². The number of hydrogen-bond acceptors (Lipinski definition) is 4. The number of nitrogens with zero attached hydrogens (tertiary/aromatic N) is 3. The summed E-state index contributed by atoms with van der Waals surface area (Å²) in [6.07, 6.45) is 1.86. The van der Waals surface area contributed by atoms with Crippen LogP contribution in [0.1, 0.15) is 35.6 Å². The molecule has 0 bridgehead atoms. The number of aryl methyl sites for hydroxylation is 3. The van der Waals surface area contributed by atoms with Crippen LogP contribution in [0.4, 0.5) is 10.1 Å². The van der Waals surface area contributed by atoms with Crippen LogP contribution in [0, 0.1) is 32.5 Å². The van der Waals surface area contributed by atoms with Crippen molar-refractivity contribution in [3.05, 3.63) is 77.1 Å². The maximum absolute atomic E-state index is 13.5. The van der Waals surface area contributed by atoms with Gasteiger partial charge in [0.1, 0.15) is 5.82 Å². The molecule has 1 aromatic heterocycles. The zero-order valence-corrected chi connectivity index (χ0v) is 18.9. The number of amides is 1. The molecule has 2 aromatic carbocycles. The van der Waals surface area contributed by atoms with Crippen LogP contribution >= 0.6 is 0 Å². The Labute approximate surface area is 188 Å². The molecule has 4 rings (SSSR count). The Morgan fingerprint density at radius 3 is 2.53 bits per heavy atom. The smallest absolute Gasteiger partial charge is 0.228 e. The molecule has 1 aliphatic rings. The van der Waals surface area contributed by atoms with Crippen molar-refractivity contribution in [2.24, 2.45) is 5.92 Å². The second-order valence-electron chi connectivity index (χ2n) is 8.58. The van der Waals surface area contributed by atoms with E-state index in [2.05, 4.69) is 15.2 Å². The van der Waals surface area contributed by atoms with Crippen molar-refractivity contribution in [3.63, 3.8) is 0 Å². The summed E-state index contributed by atoms with van der Waals surface area (Å²) in [6.45, 7) is 8.34. The number of nitrogens with one attached hydrogen (secondary N) is 1. The second-order valence-corrected chi connectivity index (χ2v) is 8.58. The first-order valence-electron chi connectivity index (χ1n) is 11.1. The van der Waals surface area contributed by atoms with E-state index in [1.807, 2.05) is 51.1 Å². The summed E-state index contributed by atoms with van der Waals surface area (Å²) in [6, 6.07) is 14.0. The number of piperidine rings is 1. The monoisotopic (exact) mass is 432 g/mol. The van der Waals surface area contributed by atoms with Gasteiger partial charge in [-0.3, -0.25) is 19.7 Å². The van der Waals surface area contributed by atoms with Crippen LogP contribution < -0.4 is 5.32 Å². The molecule has 1 unspecified atom stereocenters. The Morgan fingerprint density at radius 1 is 1.03 bits per heavy atom. The van der Waals surface area contributed by atoms with Crippen LogP contribution in [0.25, 0.3) is 11.1 Å². The summed E-state index contributed by atoms with van der Waals surface area (Å²) in [7, 11) is 0. The van der Waals surface area contributed by atoms with Crippen molar-refractivity contribution in [1.29, 1.82) is 0 Å². The fourth-order valence-corrected chi connectivity index (χ4v) is 4.19. The molecule has 32 heavy (non-hydrogen) atoms. The number of halogens is 1. The lowest BCUT2D eigenvalue weighted by molar-refractivity contribution is -0.121. The van der Waals surface area contributed by atoms with E-state index in [1.165, 1.54) is 12.1 Å². The van der Waals surface area contributed by atoms with Gasteiger partial charge in [0.2, 0.25) is 5.91 Å². The molecule has 5 nitrogen and oxygen atoms in total. The Balaban J connectivity index is 1.37. The molecule has 0 aliphatic carbocycles. The van der Waals surface area contributed by atoms with Crippen LogP contribution in [0.15, 0.2) is 48.5 Å². The zero-order valence-electron chi connectivity index (χ0n) is 18.9. The van der Waals surface area contributed by atoms with Gasteiger partial charge in [-0.15, -0.1) is 0 Å². The van der Waals surface area contributed by atoms with Crippen LogP contribution in [-0.2, 0) is 11.3 Å². The van der Waals surface area contributed by atoms with E-state index in [0.29, 0.717) is 13.1 Å². The van der Waals surface area contributed by atoms with Crippen molar-refractivity contribution < 1.29 is 9.18 Å². The molecule has 1 atom stereocenters. The van der Waals surface area contributed by atoms with Gasteiger partial charge in [0.05, 0.1) is 28.7 Å². The minimum Gasteiger partial charge on any atom is -0.326 e. The lowest BCUT2D eigenvalue weighted by atomic mass is 9.96. The first kappa shape index (κ1) is 22.1. The predicted octanol–water partition coefficient (Wildman–Crippen LogP) is 5.06. The Morgan fingerprint density at radius 2 is 1.78 bits per heavy atom. The number of hydrogen-bond donors (Lipinski definition) is 1. The van der Waals surface area contributed by atoms with E-state index in [1.54, 1.807) is 6.07 Å². The van der Waals surface area contributed by atoms with Crippen LogP contribution in [0.3, 0.4) is 0 Å². The largest absolute Gasteiger partial charge is 0.326 e. The van der Waals surface area contributed by atoms with Gasteiger partial charge in [-0.1, -0.05) is 24.3 Å². The van der Waals surface area contributed by atoms with Crippen molar-refractivity contribution in [2.75, 3.05) is 18.4 Å². The highest BCUT2D eigenvalue weighted by atomic mass is 19.1. The summed E-state index contributed by atoms with van der Waals surface area (Å²) in [5, 5.41) is 3.05. The zero-order chi connectivity index (χ0) is 22.7. The molecule has 1 N–H and O–H groups in total. The first-order chi connectivity index (χ1) is 15.4. The number of benzene rings is 2. The molecule has 3 aromatic rings. The fraction of sp³-hybridized carbons (Fsp3) is 0.346. The molecule has 1 fully saturated rings. The standard InChI is InChI=1S/C26H29FN4O/c1-17-18(2)29-25(19(3)28-17)16-31-13-5-7-22(15-31)26(32)30-24-11-9-20(10-12-24)21-6-4-8-23(27)14-21/h4,6,8-12,14,22H,5,7,13,15-16H2,1-3H3,(H,30,32). The third-order valence-electron chi connectivity index (χ3n) is 6.14. The van der Waals surface area contributed by atoms with Crippen LogP contribution in [0.2, 0.25) is 0 Å². The maximum Gasteiger partial charge on any atom is 0.228 e. The van der Waals surface area contributed by atoms with Crippen molar-refractivity contribution in [1.82, 2.24) is 14.9 Å². The number of likely N-dealkylation sites (tertiary alicyclic amines) is 1. The van der Waals surface area contributed by atoms with Crippen molar-refractivity contribution >= 4 is 11.6 Å². The predicted molar refractivity (Wildman–Crippen MR) is 125 cm³/mol. The van der Waals surface area contributed by atoms with Crippen molar-refractivity contribution in [3.8, 4) is 11.1 Å². The molecular formula is C26H29FN4O. The van der Waals surface area contributed by atoms with Gasteiger partial charge in [0.15, 0.2) is 0 Å². The molecule has 0 saturated carbocycles. The molecule has 166 valence electrons. The summed E-state index contributed by atoms with van der Waals surface area (Å²) < 4.78 is 13.5. The second kappa shape index (κ2) is 9.57. The third kappa shape index (κ3) is 5.19. The quantitative estimate of drug-likeness (QED) is 0.612. The average Bonchev–Trinajstić information content (AvgIpc) is 2.78. The number of aromatic nitrogens is 2. The Bertz CT molecular complexity index is 1110. The SMILES string of the molecule is Cc1nc(C)c(CN2CCCC(C(=O)Nc3ccc(-c4cccc(F)c4)cc3)C2)nc1C.